The van der Waals surface area contributed by atoms with Crippen LogP contribution >= 0.6 is 15.9 Å². The Morgan fingerprint density at radius 1 is 1.16 bits per heavy atom. The summed E-state index contributed by atoms with van der Waals surface area (Å²) in [5.74, 6) is -0.818. The minimum Gasteiger partial charge on any atom is -0.491 e. The van der Waals surface area contributed by atoms with Crippen LogP contribution in [0.15, 0.2) is 57.9 Å². The zero-order chi connectivity index (χ0) is 18.4. The Kier molecular flexibility index (Phi) is 6.54. The molecule has 0 spiro atoms. The lowest BCUT2D eigenvalue weighted by atomic mass is 10.2. The summed E-state index contributed by atoms with van der Waals surface area (Å²) in [6.45, 7) is -0.433. The molecule has 134 valence electrons. The highest BCUT2D eigenvalue weighted by Gasteiger charge is 2.22. The first-order chi connectivity index (χ1) is 11.8. The van der Waals surface area contributed by atoms with Gasteiger partial charge in [0.05, 0.1) is 10.5 Å². The van der Waals surface area contributed by atoms with Crippen molar-refractivity contribution >= 4 is 31.9 Å². The largest absolute Gasteiger partial charge is 0.491 e. The van der Waals surface area contributed by atoms with Crippen LogP contribution in [0, 0.1) is 0 Å². The minimum absolute atomic E-state index is 0.120. The van der Waals surface area contributed by atoms with Gasteiger partial charge in [0.1, 0.15) is 18.5 Å². The van der Waals surface area contributed by atoms with Gasteiger partial charge in [-0.3, -0.25) is 0 Å². The van der Waals surface area contributed by atoms with Crippen LogP contribution in [0.25, 0.3) is 0 Å². The van der Waals surface area contributed by atoms with Crippen molar-refractivity contribution in [2.24, 2.45) is 0 Å². The number of rotatable bonds is 8. The number of benzene rings is 2. The molecule has 2 aromatic carbocycles. The zero-order valence-corrected chi connectivity index (χ0v) is 15.3. The van der Waals surface area contributed by atoms with Crippen molar-refractivity contribution in [2.45, 2.75) is 11.0 Å². The summed E-state index contributed by atoms with van der Waals surface area (Å²) in [5, 5.41) is 18.9. The van der Waals surface area contributed by atoms with E-state index in [1.165, 1.54) is 24.3 Å². The van der Waals surface area contributed by atoms with E-state index in [9.17, 15) is 18.3 Å². The van der Waals surface area contributed by atoms with E-state index in [1.54, 1.807) is 24.3 Å². The maximum Gasteiger partial charge on any atom is 0.337 e. The highest BCUT2D eigenvalue weighted by Crippen LogP contribution is 2.17. The second kappa shape index (κ2) is 8.43. The summed E-state index contributed by atoms with van der Waals surface area (Å²) in [4.78, 5) is 10.8. The van der Waals surface area contributed by atoms with Crippen molar-refractivity contribution in [1.29, 1.82) is 0 Å². The highest BCUT2D eigenvalue weighted by molar-refractivity contribution is 9.10. The Labute approximate surface area is 153 Å². The second-order valence-electron chi connectivity index (χ2n) is 5.07. The minimum atomic E-state index is -4.07. The molecule has 0 amide bonds. The van der Waals surface area contributed by atoms with E-state index in [0.29, 0.717) is 5.75 Å². The monoisotopic (exact) mass is 429 g/mol. The van der Waals surface area contributed by atoms with Gasteiger partial charge < -0.3 is 14.9 Å². The van der Waals surface area contributed by atoms with E-state index in [0.717, 1.165) is 4.47 Å². The summed E-state index contributed by atoms with van der Waals surface area (Å²) >= 11 is 3.29. The molecule has 0 aromatic heterocycles. The molecule has 0 aliphatic carbocycles. The van der Waals surface area contributed by atoms with Crippen molar-refractivity contribution < 1.29 is 28.2 Å². The lowest BCUT2D eigenvalue weighted by Crippen LogP contribution is -2.35. The van der Waals surface area contributed by atoms with Crippen molar-refractivity contribution in [3.8, 4) is 5.75 Å². The molecule has 0 aliphatic heterocycles. The van der Waals surface area contributed by atoms with Gasteiger partial charge in [-0.15, -0.1) is 0 Å². The topological polar surface area (TPSA) is 113 Å². The number of aromatic carboxylic acids is 1. The van der Waals surface area contributed by atoms with Crippen LogP contribution in [0.3, 0.4) is 0 Å². The number of hydrogen-bond donors (Lipinski definition) is 3. The smallest absolute Gasteiger partial charge is 0.337 e. The summed E-state index contributed by atoms with van der Waals surface area (Å²) in [5.41, 5.74) is -0.337. The first kappa shape index (κ1) is 19.4. The second-order valence-corrected chi connectivity index (χ2v) is 7.72. The fourth-order valence-corrected chi connectivity index (χ4v) is 3.48. The number of ether oxygens (including phenoxy) is 1. The molecule has 0 fully saturated rings. The quantitative estimate of drug-likeness (QED) is 0.590. The molecule has 0 radical (unpaired) electrons. The first-order valence-corrected chi connectivity index (χ1v) is 9.45. The van der Waals surface area contributed by atoms with E-state index in [1.807, 2.05) is 0 Å². The van der Waals surface area contributed by atoms with Gasteiger partial charge >= 0.3 is 5.97 Å². The van der Waals surface area contributed by atoms with Gasteiger partial charge in [0.15, 0.2) is 0 Å². The third-order valence-corrected chi connectivity index (χ3v) is 5.18. The average molecular weight is 430 g/mol. The van der Waals surface area contributed by atoms with E-state index in [2.05, 4.69) is 20.7 Å². The number of carbonyl (C=O) groups is 1. The van der Waals surface area contributed by atoms with Crippen LogP contribution in [-0.4, -0.2) is 43.9 Å². The molecule has 25 heavy (non-hydrogen) atoms. The third-order valence-electron chi connectivity index (χ3n) is 3.17. The molecule has 0 bridgehead atoms. The lowest BCUT2D eigenvalue weighted by Gasteiger charge is -2.14. The number of carboxylic acids is 1. The van der Waals surface area contributed by atoms with Gasteiger partial charge in [0, 0.05) is 11.0 Å². The molecule has 0 unspecified atom stereocenters. The molecule has 1 atom stereocenters. The van der Waals surface area contributed by atoms with Crippen LogP contribution in [0.2, 0.25) is 0 Å². The molecule has 0 aliphatic rings. The maximum absolute atomic E-state index is 12.2. The summed E-state index contributed by atoms with van der Waals surface area (Å²) in [6.07, 6.45) is -1.10. The number of hydrogen-bond acceptors (Lipinski definition) is 5. The molecule has 2 aromatic rings. The maximum atomic E-state index is 12.2. The Hall–Kier alpha value is -1.94. The molecule has 9 heteroatoms. The first-order valence-electron chi connectivity index (χ1n) is 7.18. The molecule has 0 saturated heterocycles. The highest BCUT2D eigenvalue weighted by atomic mass is 79.9. The summed E-state index contributed by atoms with van der Waals surface area (Å²) in [7, 11) is -4.07. The van der Waals surface area contributed by atoms with Gasteiger partial charge in [-0.2, -0.15) is 0 Å². The zero-order valence-electron chi connectivity index (χ0n) is 12.9. The predicted octanol–water partition coefficient (Wildman–Crippen LogP) is 1.87. The van der Waals surface area contributed by atoms with E-state index in [-0.39, 0.29) is 23.6 Å². The summed E-state index contributed by atoms with van der Waals surface area (Å²) in [6, 6.07) is 12.2. The van der Waals surface area contributed by atoms with Crippen molar-refractivity contribution in [3.05, 3.63) is 58.6 Å². The normalized spacial score (nSPS) is 12.6. The molecular weight excluding hydrogens is 414 g/mol. The Morgan fingerprint density at radius 3 is 2.44 bits per heavy atom. The van der Waals surface area contributed by atoms with Crippen molar-refractivity contribution in [3.63, 3.8) is 0 Å². The third kappa shape index (κ3) is 5.53. The summed E-state index contributed by atoms with van der Waals surface area (Å²) < 4.78 is 32.9. The van der Waals surface area contributed by atoms with Crippen LogP contribution in [0.5, 0.6) is 5.75 Å². The van der Waals surface area contributed by atoms with Gasteiger partial charge in [-0.25, -0.2) is 17.9 Å². The molecule has 0 saturated carbocycles. The van der Waals surface area contributed by atoms with E-state index >= 15 is 0 Å². The number of nitrogens with one attached hydrogen (secondary N) is 1. The van der Waals surface area contributed by atoms with E-state index < -0.39 is 22.1 Å². The molecule has 2 rings (SSSR count). The number of sulfonamides is 1. The number of halogens is 1. The van der Waals surface area contributed by atoms with E-state index in [4.69, 9.17) is 9.84 Å². The number of aliphatic hydroxyl groups excluding tert-OH is 1. The molecule has 0 heterocycles. The molecule has 7 nitrogen and oxygen atoms in total. The SMILES string of the molecule is O=C(O)c1ccccc1S(=O)(=O)NC[C@H](O)COc1ccc(Br)cc1. The average Bonchev–Trinajstić information content (AvgIpc) is 2.59. The standard InChI is InChI=1S/C16H16BrNO6S/c17-11-5-7-13(8-6-11)24-10-12(19)9-18-25(22,23)15-4-2-1-3-14(15)16(20)21/h1-8,12,18-19H,9-10H2,(H,20,21)/t12-/m0/s1. The van der Waals surface area contributed by atoms with Gasteiger partial charge in [-0.05, 0) is 36.4 Å². The van der Waals surface area contributed by atoms with Crippen molar-refractivity contribution in [1.82, 2.24) is 4.72 Å². The fraction of sp³-hybridized carbons (Fsp3) is 0.188. The fourth-order valence-electron chi connectivity index (χ4n) is 1.94. The molecular formula is C16H16BrNO6S. The Morgan fingerprint density at radius 2 is 1.80 bits per heavy atom. The van der Waals surface area contributed by atoms with Crippen LogP contribution < -0.4 is 9.46 Å². The van der Waals surface area contributed by atoms with Gasteiger partial charge in [0.25, 0.3) is 0 Å². The predicted molar refractivity (Wildman–Crippen MR) is 94.2 cm³/mol. The number of aliphatic hydroxyl groups is 1. The number of carboxylic acid groups (broad SMARTS) is 1. The van der Waals surface area contributed by atoms with Crippen LogP contribution in [0.1, 0.15) is 10.4 Å². The molecule has 3 N–H and O–H groups in total. The van der Waals surface area contributed by atoms with Crippen LogP contribution in [0.4, 0.5) is 0 Å². The lowest BCUT2D eigenvalue weighted by molar-refractivity contribution is 0.0692. The Bertz CT molecular complexity index is 838. The van der Waals surface area contributed by atoms with Gasteiger partial charge in [-0.1, -0.05) is 28.1 Å². The Balaban J connectivity index is 1.95. The van der Waals surface area contributed by atoms with Gasteiger partial charge in [0.2, 0.25) is 10.0 Å². The van der Waals surface area contributed by atoms with Crippen LogP contribution in [-0.2, 0) is 10.0 Å². The van der Waals surface area contributed by atoms with Crippen molar-refractivity contribution in [2.75, 3.05) is 13.2 Å².